The molecule has 0 aliphatic carbocycles. The molecule has 0 fully saturated rings. The van der Waals surface area contributed by atoms with Crippen molar-refractivity contribution in [2.24, 2.45) is 5.73 Å². The standard InChI is InChI=1S/C14H13BrN2O3/c1-9-2-5-14(13(6-9)17(18)19)20-11-4-3-10(8-16)12(15)7-11/h2-7H,8,16H2,1H3. The minimum Gasteiger partial charge on any atom is -0.450 e. The molecular weight excluding hydrogens is 324 g/mol. The number of halogens is 1. The molecule has 20 heavy (non-hydrogen) atoms. The van der Waals surface area contributed by atoms with Crippen LogP contribution in [0.1, 0.15) is 11.1 Å². The minimum absolute atomic E-state index is 0.0518. The molecule has 0 aliphatic heterocycles. The number of nitrogens with zero attached hydrogens (tertiary/aromatic N) is 1. The zero-order chi connectivity index (χ0) is 14.7. The lowest BCUT2D eigenvalue weighted by atomic mass is 10.2. The second-order valence-corrected chi connectivity index (χ2v) is 5.14. The summed E-state index contributed by atoms with van der Waals surface area (Å²) in [6.07, 6.45) is 0. The second-order valence-electron chi connectivity index (χ2n) is 4.29. The molecule has 0 saturated heterocycles. The number of rotatable bonds is 4. The molecule has 0 radical (unpaired) electrons. The Kier molecular flexibility index (Phi) is 4.36. The molecule has 0 amide bonds. The van der Waals surface area contributed by atoms with E-state index in [1.807, 2.05) is 6.07 Å². The maximum absolute atomic E-state index is 11.0. The van der Waals surface area contributed by atoms with Gasteiger partial charge in [-0.15, -0.1) is 0 Å². The highest BCUT2D eigenvalue weighted by Crippen LogP contribution is 2.33. The number of hydrogen-bond donors (Lipinski definition) is 1. The van der Waals surface area contributed by atoms with Gasteiger partial charge in [-0.2, -0.15) is 0 Å². The van der Waals surface area contributed by atoms with Crippen LogP contribution in [0.15, 0.2) is 40.9 Å². The molecule has 5 nitrogen and oxygen atoms in total. The average Bonchev–Trinajstić information content (AvgIpc) is 2.41. The minimum atomic E-state index is -0.453. The van der Waals surface area contributed by atoms with Crippen LogP contribution in [-0.2, 0) is 6.54 Å². The Bertz CT molecular complexity index is 659. The van der Waals surface area contributed by atoms with Crippen molar-refractivity contribution in [2.75, 3.05) is 0 Å². The van der Waals surface area contributed by atoms with Gasteiger partial charge < -0.3 is 10.5 Å². The van der Waals surface area contributed by atoms with E-state index in [1.54, 1.807) is 31.2 Å². The normalized spacial score (nSPS) is 10.3. The molecule has 104 valence electrons. The number of benzene rings is 2. The summed E-state index contributed by atoms with van der Waals surface area (Å²) < 4.78 is 6.41. The zero-order valence-corrected chi connectivity index (χ0v) is 12.4. The van der Waals surface area contributed by atoms with Gasteiger partial charge in [-0.3, -0.25) is 10.1 Å². The summed E-state index contributed by atoms with van der Waals surface area (Å²) in [5, 5.41) is 11.0. The van der Waals surface area contributed by atoms with Crippen molar-refractivity contribution in [3.05, 3.63) is 62.1 Å². The number of hydrogen-bond acceptors (Lipinski definition) is 4. The number of nitrogens with two attached hydrogens (primary N) is 1. The molecule has 2 rings (SSSR count). The fraction of sp³-hybridized carbons (Fsp3) is 0.143. The number of nitro benzene ring substituents is 1. The third-order valence-electron chi connectivity index (χ3n) is 2.78. The van der Waals surface area contributed by atoms with Gasteiger partial charge in [0.1, 0.15) is 5.75 Å². The second kappa shape index (κ2) is 6.02. The maximum Gasteiger partial charge on any atom is 0.311 e. The van der Waals surface area contributed by atoms with Crippen LogP contribution in [0.2, 0.25) is 0 Å². The van der Waals surface area contributed by atoms with Crippen molar-refractivity contribution in [1.29, 1.82) is 0 Å². The maximum atomic E-state index is 11.0. The summed E-state index contributed by atoms with van der Waals surface area (Å²) in [5.74, 6) is 0.731. The number of nitro groups is 1. The van der Waals surface area contributed by atoms with E-state index in [0.29, 0.717) is 12.3 Å². The summed E-state index contributed by atoms with van der Waals surface area (Å²) >= 11 is 3.39. The predicted octanol–water partition coefficient (Wildman–Crippen LogP) is 3.92. The number of aryl methyl sites for hydroxylation is 1. The molecule has 0 heterocycles. The Hall–Kier alpha value is -1.92. The third-order valence-corrected chi connectivity index (χ3v) is 3.52. The average molecular weight is 337 g/mol. The summed E-state index contributed by atoms with van der Waals surface area (Å²) in [7, 11) is 0. The van der Waals surface area contributed by atoms with Crippen LogP contribution in [0.3, 0.4) is 0 Å². The molecular formula is C14H13BrN2O3. The molecule has 0 aromatic heterocycles. The van der Waals surface area contributed by atoms with Crippen molar-refractivity contribution < 1.29 is 9.66 Å². The summed E-state index contributed by atoms with van der Waals surface area (Å²) in [5.41, 5.74) is 7.27. The monoisotopic (exact) mass is 336 g/mol. The Morgan fingerprint density at radius 3 is 2.65 bits per heavy atom. The highest BCUT2D eigenvalue weighted by atomic mass is 79.9. The summed E-state index contributed by atoms with van der Waals surface area (Å²) in [4.78, 5) is 10.6. The first-order chi connectivity index (χ1) is 9.51. The summed E-state index contributed by atoms with van der Waals surface area (Å²) in [6.45, 7) is 2.20. The van der Waals surface area contributed by atoms with E-state index < -0.39 is 4.92 Å². The van der Waals surface area contributed by atoms with Gasteiger partial charge in [0.25, 0.3) is 0 Å². The Morgan fingerprint density at radius 1 is 1.30 bits per heavy atom. The van der Waals surface area contributed by atoms with E-state index in [-0.39, 0.29) is 11.4 Å². The van der Waals surface area contributed by atoms with Gasteiger partial charge >= 0.3 is 5.69 Å². The van der Waals surface area contributed by atoms with Crippen molar-refractivity contribution >= 4 is 21.6 Å². The fourth-order valence-corrected chi connectivity index (χ4v) is 2.26. The highest BCUT2D eigenvalue weighted by molar-refractivity contribution is 9.10. The molecule has 2 aromatic carbocycles. The Balaban J connectivity index is 2.35. The van der Waals surface area contributed by atoms with Crippen LogP contribution in [-0.4, -0.2) is 4.92 Å². The van der Waals surface area contributed by atoms with E-state index in [1.165, 1.54) is 6.07 Å². The van der Waals surface area contributed by atoms with Crippen molar-refractivity contribution in [1.82, 2.24) is 0 Å². The highest BCUT2D eigenvalue weighted by Gasteiger charge is 2.16. The van der Waals surface area contributed by atoms with Gasteiger partial charge in [-0.25, -0.2) is 0 Å². The van der Waals surface area contributed by atoms with Crippen LogP contribution >= 0.6 is 15.9 Å². The summed E-state index contributed by atoms with van der Waals surface area (Å²) in [6, 6.07) is 10.1. The lowest BCUT2D eigenvalue weighted by Gasteiger charge is -2.09. The van der Waals surface area contributed by atoms with Gasteiger partial charge in [0.15, 0.2) is 0 Å². The zero-order valence-electron chi connectivity index (χ0n) is 10.8. The van der Waals surface area contributed by atoms with Crippen LogP contribution in [0, 0.1) is 17.0 Å². The molecule has 0 spiro atoms. The van der Waals surface area contributed by atoms with Crippen LogP contribution in [0.25, 0.3) is 0 Å². The topological polar surface area (TPSA) is 78.4 Å². The van der Waals surface area contributed by atoms with Gasteiger partial charge in [-0.1, -0.05) is 28.1 Å². The predicted molar refractivity (Wildman–Crippen MR) is 79.9 cm³/mol. The largest absolute Gasteiger partial charge is 0.450 e. The van der Waals surface area contributed by atoms with Crippen LogP contribution in [0.4, 0.5) is 5.69 Å². The van der Waals surface area contributed by atoms with Crippen molar-refractivity contribution in [3.8, 4) is 11.5 Å². The van der Waals surface area contributed by atoms with Gasteiger partial charge in [0, 0.05) is 17.1 Å². The molecule has 0 saturated carbocycles. The fourth-order valence-electron chi connectivity index (χ4n) is 1.74. The lowest BCUT2D eigenvalue weighted by Crippen LogP contribution is -1.98. The van der Waals surface area contributed by atoms with E-state index in [2.05, 4.69) is 15.9 Å². The SMILES string of the molecule is Cc1ccc(Oc2ccc(CN)c(Br)c2)c([N+](=O)[O-])c1. The van der Waals surface area contributed by atoms with E-state index in [9.17, 15) is 10.1 Å². The van der Waals surface area contributed by atoms with E-state index in [0.717, 1.165) is 15.6 Å². The molecule has 6 heteroatoms. The Morgan fingerprint density at radius 2 is 2.05 bits per heavy atom. The first kappa shape index (κ1) is 14.5. The molecule has 2 aromatic rings. The number of ether oxygens (including phenoxy) is 1. The molecule has 0 unspecified atom stereocenters. The molecule has 0 bridgehead atoms. The van der Waals surface area contributed by atoms with Crippen LogP contribution in [0.5, 0.6) is 11.5 Å². The van der Waals surface area contributed by atoms with Crippen molar-refractivity contribution in [2.45, 2.75) is 13.5 Å². The first-order valence-corrected chi connectivity index (χ1v) is 6.72. The van der Waals surface area contributed by atoms with E-state index in [4.69, 9.17) is 10.5 Å². The molecule has 0 atom stereocenters. The molecule has 2 N–H and O–H groups in total. The van der Waals surface area contributed by atoms with Gasteiger partial charge in [0.2, 0.25) is 5.75 Å². The smallest absolute Gasteiger partial charge is 0.311 e. The van der Waals surface area contributed by atoms with Gasteiger partial charge in [-0.05, 0) is 36.2 Å². The quantitative estimate of drug-likeness (QED) is 0.677. The Labute approximate surface area is 124 Å². The third kappa shape index (κ3) is 3.15. The first-order valence-electron chi connectivity index (χ1n) is 5.92. The lowest BCUT2D eigenvalue weighted by molar-refractivity contribution is -0.385. The van der Waals surface area contributed by atoms with Crippen molar-refractivity contribution in [3.63, 3.8) is 0 Å². The van der Waals surface area contributed by atoms with Gasteiger partial charge in [0.05, 0.1) is 4.92 Å². The van der Waals surface area contributed by atoms with E-state index >= 15 is 0 Å². The molecule has 0 aliphatic rings. The van der Waals surface area contributed by atoms with Crippen LogP contribution < -0.4 is 10.5 Å².